The van der Waals surface area contributed by atoms with Crippen molar-refractivity contribution in [1.29, 1.82) is 0 Å². The summed E-state index contributed by atoms with van der Waals surface area (Å²) in [5.74, 6) is 0. The largest absolute Gasteiger partial charge is 0.361 e. The smallest absolute Gasteiger partial charge is 0.0459 e. The maximum atomic E-state index is 3.29. The molecule has 4 aromatic carbocycles. The van der Waals surface area contributed by atoms with E-state index in [1.807, 2.05) is 17.5 Å². The number of fused-ring (bicyclic) bond motifs is 3. The Kier molecular flexibility index (Phi) is 10.1. The van der Waals surface area contributed by atoms with Gasteiger partial charge in [-0.2, -0.15) is 0 Å². The van der Waals surface area contributed by atoms with Gasteiger partial charge in [-0.25, -0.2) is 0 Å². The van der Waals surface area contributed by atoms with Crippen LogP contribution in [0.1, 0.15) is 49.5 Å². The van der Waals surface area contributed by atoms with Crippen LogP contribution in [0.2, 0.25) is 0 Å². The second kappa shape index (κ2) is 13.7. The highest BCUT2D eigenvalue weighted by Crippen LogP contribution is 2.25. The van der Waals surface area contributed by atoms with Gasteiger partial charge in [-0.3, -0.25) is 0 Å². The molecule has 7 rings (SSSR count). The second-order valence-corrected chi connectivity index (χ2v) is 12.8. The lowest BCUT2D eigenvalue weighted by molar-refractivity contribution is 1.30. The lowest BCUT2D eigenvalue weighted by atomic mass is 10.1. The number of H-pyrrole nitrogens is 2. The molecule has 0 bridgehead atoms. The Bertz CT molecular complexity index is 1840. The van der Waals surface area contributed by atoms with Crippen LogP contribution in [0.3, 0.4) is 0 Å². The van der Waals surface area contributed by atoms with Gasteiger partial charge in [-0.15, -0.1) is 11.3 Å². The zero-order valence-corrected chi connectivity index (χ0v) is 27.4. The lowest BCUT2D eigenvalue weighted by Crippen LogP contribution is -1.79. The first-order valence-electron chi connectivity index (χ1n) is 14.6. The molecule has 3 aromatic heterocycles. The van der Waals surface area contributed by atoms with Gasteiger partial charge in [0.15, 0.2) is 0 Å². The zero-order valence-electron chi connectivity index (χ0n) is 26.6. The molecule has 0 radical (unpaired) electrons. The number of nitrogens with one attached hydrogen (secondary N) is 2. The van der Waals surface area contributed by atoms with Gasteiger partial charge in [0.05, 0.1) is 0 Å². The number of hydrogen-bond acceptors (Lipinski definition) is 1. The van der Waals surface area contributed by atoms with Crippen molar-refractivity contribution >= 4 is 43.2 Å². The number of rotatable bonds is 0. The van der Waals surface area contributed by atoms with Gasteiger partial charge in [0, 0.05) is 37.9 Å². The summed E-state index contributed by atoms with van der Waals surface area (Å²) in [5.41, 5.74) is 13.1. The third kappa shape index (κ3) is 8.24. The number of aryl methyl sites for hydroxylation is 9. The molecular formula is C39H44N2S. The van der Waals surface area contributed by atoms with Gasteiger partial charge >= 0.3 is 0 Å². The van der Waals surface area contributed by atoms with Crippen LogP contribution in [-0.4, -0.2) is 9.97 Å². The molecule has 42 heavy (non-hydrogen) atoms. The summed E-state index contributed by atoms with van der Waals surface area (Å²) in [5, 5.41) is 4.01. The van der Waals surface area contributed by atoms with Crippen molar-refractivity contribution < 1.29 is 0 Å². The molecule has 3 heterocycles. The van der Waals surface area contributed by atoms with Crippen molar-refractivity contribution in [3.63, 3.8) is 0 Å². The van der Waals surface area contributed by atoms with Crippen LogP contribution in [0.25, 0.3) is 31.9 Å². The third-order valence-corrected chi connectivity index (χ3v) is 8.43. The molecule has 0 spiro atoms. The molecule has 2 N–H and O–H groups in total. The van der Waals surface area contributed by atoms with E-state index in [1.54, 1.807) is 0 Å². The van der Waals surface area contributed by atoms with Gasteiger partial charge in [-0.05, 0) is 137 Å². The highest BCUT2D eigenvalue weighted by atomic mass is 32.1. The van der Waals surface area contributed by atoms with E-state index in [0.29, 0.717) is 0 Å². The topological polar surface area (TPSA) is 31.6 Å². The van der Waals surface area contributed by atoms with E-state index in [9.17, 15) is 0 Å². The van der Waals surface area contributed by atoms with Gasteiger partial charge < -0.3 is 9.97 Å². The summed E-state index contributed by atoms with van der Waals surface area (Å²) >= 11 is 1.87. The predicted octanol–water partition coefficient (Wildman–Crippen LogP) is 11.7. The van der Waals surface area contributed by atoms with Crippen molar-refractivity contribution in [2.24, 2.45) is 0 Å². The standard InChI is InChI=1S/2C10H11N.C10H10S.C9H12/c1-7-3-4-10-9(5-7)6-8(2)11-10;1-7-3-4-9-8(2)6-11-10(9)5-7;1-7-3-4-9-6-8(2)11-10(9)5-7;1-7-4-5-8(2)9(3)6-7/h2*3-6,11H,1-2H3;3-6H,1-2H3;4-6H,1-3H3. The van der Waals surface area contributed by atoms with E-state index in [1.165, 1.54) is 81.4 Å². The molecule has 2 nitrogen and oxygen atoms in total. The first-order chi connectivity index (χ1) is 20.0. The maximum absolute atomic E-state index is 3.29. The molecule has 0 fully saturated rings. The Morgan fingerprint density at radius 1 is 0.476 bits per heavy atom. The quantitative estimate of drug-likeness (QED) is 0.181. The molecule has 0 saturated carbocycles. The Hall–Kier alpha value is -4.08. The second-order valence-electron chi connectivity index (χ2n) is 11.5. The molecular weight excluding hydrogens is 529 g/mol. The van der Waals surface area contributed by atoms with Crippen LogP contribution in [0.5, 0.6) is 0 Å². The van der Waals surface area contributed by atoms with Crippen LogP contribution in [0, 0.1) is 62.3 Å². The number of benzene rings is 4. The summed E-state index contributed by atoms with van der Waals surface area (Å²) in [6, 6.07) is 30.4. The minimum absolute atomic E-state index is 1.23. The first kappa shape index (κ1) is 30.9. The van der Waals surface area contributed by atoms with Crippen LogP contribution in [0.15, 0.2) is 91.1 Å². The number of aromatic amines is 2. The van der Waals surface area contributed by atoms with Crippen LogP contribution < -0.4 is 0 Å². The van der Waals surface area contributed by atoms with E-state index in [-0.39, 0.29) is 0 Å². The lowest BCUT2D eigenvalue weighted by Gasteiger charge is -1.98. The van der Waals surface area contributed by atoms with Crippen LogP contribution >= 0.6 is 11.3 Å². The summed E-state index contributed by atoms with van der Waals surface area (Å²) in [7, 11) is 0. The van der Waals surface area contributed by atoms with Crippen molar-refractivity contribution in [3.8, 4) is 0 Å². The highest BCUT2D eigenvalue weighted by Gasteiger charge is 1.98. The average Bonchev–Trinajstić information content (AvgIpc) is 3.61. The fraction of sp³-hybridized carbons (Fsp3) is 0.231. The molecule has 0 atom stereocenters. The Labute approximate surface area is 255 Å². The molecule has 0 amide bonds. The van der Waals surface area contributed by atoms with Gasteiger partial charge in [-0.1, -0.05) is 59.7 Å². The predicted molar refractivity (Wildman–Crippen MR) is 187 cm³/mol. The van der Waals surface area contributed by atoms with E-state index in [0.717, 1.165) is 0 Å². The Morgan fingerprint density at radius 3 is 1.86 bits per heavy atom. The van der Waals surface area contributed by atoms with E-state index >= 15 is 0 Å². The third-order valence-electron chi connectivity index (χ3n) is 7.42. The number of aromatic nitrogens is 2. The van der Waals surface area contributed by atoms with Crippen molar-refractivity contribution in [1.82, 2.24) is 9.97 Å². The summed E-state index contributed by atoms with van der Waals surface area (Å²) in [4.78, 5) is 7.91. The summed E-state index contributed by atoms with van der Waals surface area (Å²) in [6.07, 6.45) is 2.05. The fourth-order valence-corrected chi connectivity index (χ4v) is 5.97. The molecule has 7 aromatic rings. The Morgan fingerprint density at radius 2 is 1.12 bits per heavy atom. The van der Waals surface area contributed by atoms with E-state index in [2.05, 4.69) is 157 Å². The normalized spacial score (nSPS) is 10.5. The minimum atomic E-state index is 1.23. The van der Waals surface area contributed by atoms with Crippen LogP contribution in [-0.2, 0) is 0 Å². The molecule has 0 aliphatic carbocycles. The monoisotopic (exact) mass is 572 g/mol. The zero-order chi connectivity index (χ0) is 30.4. The minimum Gasteiger partial charge on any atom is -0.361 e. The number of thiophene rings is 1. The van der Waals surface area contributed by atoms with E-state index < -0.39 is 0 Å². The van der Waals surface area contributed by atoms with Crippen molar-refractivity contribution in [3.05, 3.63) is 141 Å². The molecule has 0 aliphatic heterocycles. The summed E-state index contributed by atoms with van der Waals surface area (Å²) in [6.45, 7) is 19.1. The fourth-order valence-electron chi connectivity index (χ4n) is 4.94. The molecule has 0 unspecified atom stereocenters. The van der Waals surface area contributed by atoms with Gasteiger partial charge in [0.1, 0.15) is 0 Å². The van der Waals surface area contributed by atoms with Crippen LogP contribution in [0.4, 0.5) is 0 Å². The van der Waals surface area contributed by atoms with Crippen molar-refractivity contribution in [2.45, 2.75) is 62.3 Å². The van der Waals surface area contributed by atoms with Gasteiger partial charge in [0.2, 0.25) is 0 Å². The average molecular weight is 573 g/mol. The van der Waals surface area contributed by atoms with Gasteiger partial charge in [0.25, 0.3) is 0 Å². The SMILES string of the molecule is Cc1ccc(C)c(C)c1.Cc1ccc2[nH]c(C)cc2c1.Cc1ccc2c(C)c[nH]c2c1.Cc1ccc2cc(C)sc2c1. The molecule has 3 heteroatoms. The van der Waals surface area contributed by atoms with E-state index in [4.69, 9.17) is 0 Å². The maximum Gasteiger partial charge on any atom is 0.0459 e. The molecule has 216 valence electrons. The Balaban J connectivity index is 0.000000129. The molecule has 0 saturated heterocycles. The molecule has 0 aliphatic rings. The number of hydrogen-bond donors (Lipinski definition) is 2. The summed E-state index contributed by atoms with van der Waals surface area (Å²) < 4.78 is 1.41. The highest BCUT2D eigenvalue weighted by molar-refractivity contribution is 7.19. The van der Waals surface area contributed by atoms with Crippen molar-refractivity contribution in [2.75, 3.05) is 0 Å². The first-order valence-corrected chi connectivity index (χ1v) is 15.4.